The lowest BCUT2D eigenvalue weighted by atomic mass is 10.1. The van der Waals surface area contributed by atoms with Crippen LogP contribution in [0.4, 0.5) is 5.69 Å². The van der Waals surface area contributed by atoms with Gasteiger partial charge < -0.3 is 11.1 Å². The Hall–Kier alpha value is -1.95. The number of nitrogens with two attached hydrogens (primary N) is 1. The molecule has 0 heterocycles. The normalized spacial score (nSPS) is 11.6. The molecule has 0 bridgehead atoms. The van der Waals surface area contributed by atoms with E-state index in [-0.39, 0.29) is 11.9 Å². The van der Waals surface area contributed by atoms with Gasteiger partial charge in [-0.2, -0.15) is 0 Å². The Morgan fingerprint density at radius 3 is 2.76 bits per heavy atom. The third kappa shape index (κ3) is 3.84. The topological polar surface area (TPSA) is 55.1 Å². The molecule has 3 N–H and O–H groups in total. The number of amides is 1. The monoisotopic (exact) mass is 230 g/mol. The second kappa shape index (κ2) is 5.95. The highest BCUT2D eigenvalue weighted by Gasteiger charge is 2.11. The van der Waals surface area contributed by atoms with Gasteiger partial charge in [-0.05, 0) is 37.1 Å². The number of carbonyl (C=O) groups excluding carboxylic acids is 1. The van der Waals surface area contributed by atoms with Crippen molar-refractivity contribution in [3.63, 3.8) is 0 Å². The Labute approximate surface area is 102 Å². The Kier molecular flexibility index (Phi) is 4.59. The molecule has 1 aromatic carbocycles. The molecule has 0 spiro atoms. The maximum absolute atomic E-state index is 11.9. The summed E-state index contributed by atoms with van der Waals surface area (Å²) >= 11 is 0. The molecule has 1 unspecified atom stereocenters. The number of terminal acetylenes is 1. The molecule has 1 aromatic rings. The van der Waals surface area contributed by atoms with Crippen molar-refractivity contribution in [1.82, 2.24) is 5.32 Å². The number of hydrogen-bond acceptors (Lipinski definition) is 2. The van der Waals surface area contributed by atoms with Gasteiger partial charge in [-0.15, -0.1) is 6.42 Å². The second-order valence-electron chi connectivity index (χ2n) is 4.11. The van der Waals surface area contributed by atoms with Crippen LogP contribution in [0.2, 0.25) is 0 Å². The molecule has 0 aromatic heterocycles. The third-order valence-corrected chi connectivity index (χ3v) is 2.45. The number of nitrogens with one attached hydrogen (secondary N) is 1. The van der Waals surface area contributed by atoms with Crippen LogP contribution in [-0.4, -0.2) is 11.9 Å². The fourth-order valence-corrected chi connectivity index (χ4v) is 1.67. The first-order valence-corrected chi connectivity index (χ1v) is 5.71. The number of benzene rings is 1. The summed E-state index contributed by atoms with van der Waals surface area (Å²) in [6.45, 7) is 3.93. The Morgan fingerprint density at radius 2 is 2.24 bits per heavy atom. The van der Waals surface area contributed by atoms with Crippen LogP contribution in [0.25, 0.3) is 0 Å². The first kappa shape index (κ1) is 13.1. The zero-order valence-corrected chi connectivity index (χ0v) is 10.3. The predicted molar refractivity (Wildman–Crippen MR) is 70.6 cm³/mol. The molecule has 3 nitrogen and oxygen atoms in total. The number of aryl methyl sites for hydroxylation is 1. The summed E-state index contributed by atoms with van der Waals surface area (Å²) in [6.07, 6.45) is 7.07. The fourth-order valence-electron chi connectivity index (χ4n) is 1.67. The van der Waals surface area contributed by atoms with Gasteiger partial charge in [0.15, 0.2) is 0 Å². The van der Waals surface area contributed by atoms with E-state index >= 15 is 0 Å². The van der Waals surface area contributed by atoms with Crippen LogP contribution in [0.3, 0.4) is 0 Å². The summed E-state index contributed by atoms with van der Waals surface area (Å²) in [5.41, 5.74) is 7.80. The molecule has 0 radical (unpaired) electrons. The van der Waals surface area contributed by atoms with Crippen molar-refractivity contribution < 1.29 is 4.79 Å². The van der Waals surface area contributed by atoms with Crippen molar-refractivity contribution in [2.75, 3.05) is 5.73 Å². The van der Waals surface area contributed by atoms with Gasteiger partial charge in [-0.3, -0.25) is 4.79 Å². The zero-order chi connectivity index (χ0) is 12.8. The van der Waals surface area contributed by atoms with E-state index in [2.05, 4.69) is 11.2 Å². The van der Waals surface area contributed by atoms with Crippen molar-refractivity contribution in [3.05, 3.63) is 29.3 Å². The Morgan fingerprint density at radius 1 is 1.53 bits per heavy atom. The summed E-state index contributed by atoms with van der Waals surface area (Å²) in [6, 6.07) is 5.06. The van der Waals surface area contributed by atoms with Gasteiger partial charge in [0.2, 0.25) is 0 Å². The lowest BCUT2D eigenvalue weighted by molar-refractivity contribution is 0.0944. The summed E-state index contributed by atoms with van der Waals surface area (Å²) in [5.74, 6) is 2.40. The lowest BCUT2D eigenvalue weighted by Crippen LogP contribution is -2.33. The minimum absolute atomic E-state index is 0.170. The molecule has 17 heavy (non-hydrogen) atoms. The highest BCUT2D eigenvalue weighted by atomic mass is 16.1. The van der Waals surface area contributed by atoms with E-state index in [9.17, 15) is 4.79 Å². The van der Waals surface area contributed by atoms with E-state index in [0.717, 1.165) is 18.4 Å². The van der Waals surface area contributed by atoms with Gasteiger partial charge in [-0.25, -0.2) is 0 Å². The highest BCUT2D eigenvalue weighted by Crippen LogP contribution is 2.11. The van der Waals surface area contributed by atoms with Crippen molar-refractivity contribution >= 4 is 11.6 Å². The molecule has 1 atom stereocenters. The minimum Gasteiger partial charge on any atom is -0.399 e. The molecule has 0 fully saturated rings. The van der Waals surface area contributed by atoms with Crippen LogP contribution in [0.15, 0.2) is 18.2 Å². The van der Waals surface area contributed by atoms with Crippen molar-refractivity contribution in [2.45, 2.75) is 32.7 Å². The predicted octanol–water partition coefficient (Wildman–Crippen LogP) is 2.11. The average Bonchev–Trinajstić information content (AvgIpc) is 2.27. The number of carbonyl (C=O) groups is 1. The maximum atomic E-state index is 11.9. The highest BCUT2D eigenvalue weighted by molar-refractivity contribution is 5.95. The number of rotatable bonds is 4. The number of hydrogen-bond donors (Lipinski definition) is 2. The molecule has 0 aliphatic heterocycles. The summed E-state index contributed by atoms with van der Waals surface area (Å²) < 4.78 is 0. The van der Waals surface area contributed by atoms with Crippen molar-refractivity contribution in [3.8, 4) is 12.3 Å². The van der Waals surface area contributed by atoms with Gasteiger partial charge >= 0.3 is 0 Å². The molecule has 3 heteroatoms. The summed E-state index contributed by atoms with van der Waals surface area (Å²) in [5, 5.41) is 2.81. The summed E-state index contributed by atoms with van der Waals surface area (Å²) in [4.78, 5) is 11.9. The molecule has 0 aliphatic carbocycles. The van der Waals surface area contributed by atoms with Crippen LogP contribution in [0.1, 0.15) is 35.7 Å². The van der Waals surface area contributed by atoms with Crippen LogP contribution < -0.4 is 11.1 Å². The lowest BCUT2D eigenvalue weighted by Gasteiger charge is -2.12. The number of anilines is 1. The first-order valence-electron chi connectivity index (χ1n) is 5.71. The molecule has 0 aliphatic rings. The molecule has 0 saturated carbocycles. The Bertz CT molecular complexity index is 426. The molecule has 1 amide bonds. The van der Waals surface area contributed by atoms with Gasteiger partial charge in [0.1, 0.15) is 0 Å². The third-order valence-electron chi connectivity index (χ3n) is 2.45. The zero-order valence-electron chi connectivity index (χ0n) is 10.3. The van der Waals surface area contributed by atoms with Gasteiger partial charge in [0, 0.05) is 11.3 Å². The number of nitrogen functional groups attached to an aromatic ring is 1. The van der Waals surface area contributed by atoms with Crippen LogP contribution in [-0.2, 0) is 0 Å². The van der Waals surface area contributed by atoms with Crippen LogP contribution >= 0.6 is 0 Å². The van der Waals surface area contributed by atoms with Crippen LogP contribution in [0, 0.1) is 19.3 Å². The van der Waals surface area contributed by atoms with Crippen molar-refractivity contribution in [1.29, 1.82) is 0 Å². The Balaban J connectivity index is 2.79. The second-order valence-corrected chi connectivity index (χ2v) is 4.11. The standard InChI is InChI=1S/C14H18N2O/c1-4-6-13(5-2)16-14(17)11-7-10(3)8-12(15)9-11/h2,7-9,13H,4,6,15H2,1,3H3,(H,16,17). The average molecular weight is 230 g/mol. The quantitative estimate of drug-likeness (QED) is 0.615. The van der Waals surface area contributed by atoms with Crippen LogP contribution in [0.5, 0.6) is 0 Å². The van der Waals surface area contributed by atoms with Gasteiger partial charge in [0.05, 0.1) is 6.04 Å². The van der Waals surface area contributed by atoms with E-state index in [1.54, 1.807) is 12.1 Å². The van der Waals surface area contributed by atoms with E-state index in [0.29, 0.717) is 11.3 Å². The molecule has 0 saturated heterocycles. The maximum Gasteiger partial charge on any atom is 0.252 e. The summed E-state index contributed by atoms with van der Waals surface area (Å²) in [7, 11) is 0. The molecular formula is C14H18N2O. The largest absolute Gasteiger partial charge is 0.399 e. The first-order chi connectivity index (χ1) is 8.06. The van der Waals surface area contributed by atoms with Gasteiger partial charge in [-0.1, -0.05) is 19.3 Å². The molecule has 1 rings (SSSR count). The van der Waals surface area contributed by atoms with E-state index < -0.39 is 0 Å². The molecular weight excluding hydrogens is 212 g/mol. The van der Waals surface area contributed by atoms with E-state index in [4.69, 9.17) is 12.2 Å². The SMILES string of the molecule is C#CC(CCC)NC(=O)c1cc(C)cc(N)c1. The molecule has 90 valence electrons. The fraction of sp³-hybridized carbons (Fsp3) is 0.357. The van der Waals surface area contributed by atoms with E-state index in [1.807, 2.05) is 19.9 Å². The smallest absolute Gasteiger partial charge is 0.252 e. The van der Waals surface area contributed by atoms with Gasteiger partial charge in [0.25, 0.3) is 5.91 Å². The minimum atomic E-state index is -0.214. The van der Waals surface area contributed by atoms with E-state index in [1.165, 1.54) is 0 Å². The van der Waals surface area contributed by atoms with Crippen molar-refractivity contribution in [2.24, 2.45) is 0 Å².